The van der Waals surface area contributed by atoms with E-state index in [1.54, 1.807) is 0 Å². The van der Waals surface area contributed by atoms with E-state index in [-0.39, 0.29) is 12.0 Å². The average molecular weight is 283 g/mol. The summed E-state index contributed by atoms with van der Waals surface area (Å²) in [6.45, 7) is 2.10. The third-order valence-electron chi connectivity index (χ3n) is 3.00. The monoisotopic (exact) mass is 283 g/mol. The van der Waals surface area contributed by atoms with Crippen LogP contribution in [0.25, 0.3) is 0 Å². The van der Waals surface area contributed by atoms with Crippen LogP contribution in [0.5, 0.6) is 12.0 Å². The van der Waals surface area contributed by atoms with Crippen LogP contribution in [0.15, 0.2) is 0 Å². The van der Waals surface area contributed by atoms with Crippen LogP contribution in [0.4, 0.5) is 10.7 Å². The standard InChI is InChI=1S/C11H17N5O4/c1-19-9-12-8(13-10(14-9)20-2)15-4-3-5-16(7-6-15)11(17)18/h3-7H2,1-2H3,(H,17,18). The van der Waals surface area contributed by atoms with Gasteiger partial charge in [-0.3, -0.25) is 0 Å². The van der Waals surface area contributed by atoms with Crippen molar-refractivity contribution in [2.24, 2.45) is 0 Å². The van der Waals surface area contributed by atoms with Gasteiger partial charge in [-0.2, -0.15) is 9.97 Å². The molecular formula is C11H17N5O4. The second-order valence-corrected chi connectivity index (χ2v) is 4.22. The van der Waals surface area contributed by atoms with Crippen molar-refractivity contribution in [2.45, 2.75) is 6.42 Å². The highest BCUT2D eigenvalue weighted by atomic mass is 16.5. The van der Waals surface area contributed by atoms with Crippen LogP contribution in [0.2, 0.25) is 0 Å². The Morgan fingerprint density at radius 1 is 1.05 bits per heavy atom. The molecule has 9 nitrogen and oxygen atoms in total. The molecule has 1 saturated heterocycles. The van der Waals surface area contributed by atoms with Crippen molar-refractivity contribution in [2.75, 3.05) is 45.3 Å². The Kier molecular flexibility index (Phi) is 4.38. The number of nitrogens with zero attached hydrogens (tertiary/aromatic N) is 5. The molecule has 9 heteroatoms. The Hall–Kier alpha value is -2.32. The Bertz CT molecular complexity index is 462. The Labute approximate surface area is 116 Å². The van der Waals surface area contributed by atoms with Gasteiger partial charge in [-0.25, -0.2) is 4.79 Å². The Balaban J connectivity index is 2.16. The van der Waals surface area contributed by atoms with Gasteiger partial charge in [0.1, 0.15) is 0 Å². The van der Waals surface area contributed by atoms with E-state index in [9.17, 15) is 4.79 Å². The first-order valence-electron chi connectivity index (χ1n) is 6.21. The van der Waals surface area contributed by atoms with Crippen molar-refractivity contribution < 1.29 is 19.4 Å². The summed E-state index contributed by atoms with van der Waals surface area (Å²) in [7, 11) is 2.93. The summed E-state index contributed by atoms with van der Waals surface area (Å²) in [5, 5.41) is 9.01. The molecule has 2 heterocycles. The molecule has 0 atom stereocenters. The second kappa shape index (κ2) is 6.22. The molecule has 1 aliphatic rings. The van der Waals surface area contributed by atoms with E-state index in [2.05, 4.69) is 15.0 Å². The lowest BCUT2D eigenvalue weighted by molar-refractivity contribution is 0.148. The molecule has 0 unspecified atom stereocenters. The van der Waals surface area contributed by atoms with E-state index < -0.39 is 6.09 Å². The fourth-order valence-corrected chi connectivity index (χ4v) is 1.96. The fraction of sp³-hybridized carbons (Fsp3) is 0.636. The smallest absolute Gasteiger partial charge is 0.407 e. The topological polar surface area (TPSA) is 101 Å². The largest absolute Gasteiger partial charge is 0.467 e. The van der Waals surface area contributed by atoms with E-state index in [1.807, 2.05) is 4.90 Å². The van der Waals surface area contributed by atoms with Crippen LogP contribution in [-0.4, -0.2) is 71.5 Å². The summed E-state index contributed by atoms with van der Waals surface area (Å²) in [6.07, 6.45) is -0.194. The molecule has 1 N–H and O–H groups in total. The molecule has 1 aromatic rings. The molecule has 110 valence electrons. The van der Waals surface area contributed by atoms with Gasteiger partial charge in [-0.15, -0.1) is 4.98 Å². The maximum absolute atomic E-state index is 11.0. The zero-order chi connectivity index (χ0) is 14.5. The number of amides is 1. The summed E-state index contributed by atoms with van der Waals surface area (Å²) in [6, 6.07) is 0.345. The van der Waals surface area contributed by atoms with Crippen LogP contribution >= 0.6 is 0 Å². The minimum absolute atomic E-state index is 0.172. The van der Waals surface area contributed by atoms with E-state index in [0.29, 0.717) is 38.5 Å². The molecule has 1 aliphatic heterocycles. The number of methoxy groups -OCH3 is 2. The lowest BCUT2D eigenvalue weighted by Gasteiger charge is -2.20. The van der Waals surface area contributed by atoms with Gasteiger partial charge in [-0.1, -0.05) is 0 Å². The van der Waals surface area contributed by atoms with E-state index >= 15 is 0 Å². The number of hydrogen-bond donors (Lipinski definition) is 1. The summed E-state index contributed by atoms with van der Waals surface area (Å²) < 4.78 is 10.0. The normalized spacial score (nSPS) is 15.7. The van der Waals surface area contributed by atoms with Gasteiger partial charge in [0, 0.05) is 26.2 Å². The van der Waals surface area contributed by atoms with Gasteiger partial charge >= 0.3 is 18.1 Å². The molecule has 0 radical (unpaired) electrons. The zero-order valence-corrected chi connectivity index (χ0v) is 11.4. The van der Waals surface area contributed by atoms with E-state index in [0.717, 1.165) is 0 Å². The van der Waals surface area contributed by atoms with Gasteiger partial charge in [-0.05, 0) is 6.42 Å². The quantitative estimate of drug-likeness (QED) is 0.832. The maximum atomic E-state index is 11.0. The van der Waals surface area contributed by atoms with Crippen molar-refractivity contribution in [3.05, 3.63) is 0 Å². The average Bonchev–Trinajstić information content (AvgIpc) is 2.72. The number of aromatic nitrogens is 3. The summed E-state index contributed by atoms with van der Waals surface area (Å²) >= 11 is 0. The summed E-state index contributed by atoms with van der Waals surface area (Å²) in [4.78, 5) is 26.5. The van der Waals surface area contributed by atoms with Crippen molar-refractivity contribution in [3.63, 3.8) is 0 Å². The molecule has 1 amide bonds. The number of hydrogen-bond acceptors (Lipinski definition) is 7. The Morgan fingerprint density at radius 3 is 2.25 bits per heavy atom. The van der Waals surface area contributed by atoms with Crippen LogP contribution in [0, 0.1) is 0 Å². The van der Waals surface area contributed by atoms with Crippen molar-refractivity contribution in [3.8, 4) is 12.0 Å². The zero-order valence-electron chi connectivity index (χ0n) is 11.4. The Morgan fingerprint density at radius 2 is 1.70 bits per heavy atom. The molecule has 0 spiro atoms. The molecule has 0 aromatic carbocycles. The fourth-order valence-electron chi connectivity index (χ4n) is 1.96. The SMILES string of the molecule is COc1nc(OC)nc(N2CCCN(C(=O)O)CC2)n1. The third kappa shape index (κ3) is 3.16. The molecule has 0 aliphatic carbocycles. The molecule has 0 bridgehead atoms. The van der Waals surface area contributed by atoms with Gasteiger partial charge in [0.05, 0.1) is 14.2 Å². The predicted molar refractivity (Wildman–Crippen MR) is 69.4 cm³/mol. The highest BCUT2D eigenvalue weighted by Gasteiger charge is 2.21. The number of carbonyl (C=O) groups is 1. The predicted octanol–water partition coefficient (Wildman–Crippen LogP) is 0.0789. The lowest BCUT2D eigenvalue weighted by Crippen LogP contribution is -2.34. The van der Waals surface area contributed by atoms with Crippen LogP contribution in [0.3, 0.4) is 0 Å². The first kappa shape index (κ1) is 14.1. The van der Waals surface area contributed by atoms with Gasteiger partial charge < -0.3 is 24.4 Å². The minimum Gasteiger partial charge on any atom is -0.467 e. The van der Waals surface area contributed by atoms with Crippen molar-refractivity contribution in [1.82, 2.24) is 19.9 Å². The molecule has 2 rings (SSSR count). The number of carboxylic acid groups (broad SMARTS) is 1. The number of anilines is 1. The molecular weight excluding hydrogens is 266 g/mol. The number of ether oxygens (including phenoxy) is 2. The molecule has 20 heavy (non-hydrogen) atoms. The minimum atomic E-state index is -0.905. The highest BCUT2D eigenvalue weighted by Crippen LogP contribution is 2.17. The third-order valence-corrected chi connectivity index (χ3v) is 3.00. The molecule has 1 aromatic heterocycles. The number of rotatable bonds is 3. The summed E-state index contributed by atoms with van der Waals surface area (Å²) in [5.41, 5.74) is 0. The van der Waals surface area contributed by atoms with Crippen LogP contribution in [0.1, 0.15) is 6.42 Å². The lowest BCUT2D eigenvalue weighted by atomic mass is 10.4. The first-order chi connectivity index (χ1) is 9.63. The molecule has 1 fully saturated rings. The van der Waals surface area contributed by atoms with Gasteiger partial charge in [0.15, 0.2) is 0 Å². The van der Waals surface area contributed by atoms with E-state index in [4.69, 9.17) is 14.6 Å². The van der Waals surface area contributed by atoms with Crippen LogP contribution < -0.4 is 14.4 Å². The van der Waals surface area contributed by atoms with Gasteiger partial charge in [0.2, 0.25) is 5.95 Å². The first-order valence-corrected chi connectivity index (χ1v) is 6.21. The maximum Gasteiger partial charge on any atom is 0.407 e. The van der Waals surface area contributed by atoms with Crippen molar-refractivity contribution >= 4 is 12.0 Å². The second-order valence-electron chi connectivity index (χ2n) is 4.22. The van der Waals surface area contributed by atoms with Crippen LogP contribution in [-0.2, 0) is 0 Å². The molecule has 0 saturated carbocycles. The van der Waals surface area contributed by atoms with Crippen molar-refractivity contribution in [1.29, 1.82) is 0 Å². The summed E-state index contributed by atoms with van der Waals surface area (Å²) in [5.74, 6) is 0.431. The highest BCUT2D eigenvalue weighted by molar-refractivity contribution is 5.65. The van der Waals surface area contributed by atoms with E-state index in [1.165, 1.54) is 19.1 Å². The van der Waals surface area contributed by atoms with Gasteiger partial charge in [0.25, 0.3) is 0 Å².